The molecule has 0 spiro atoms. The number of carbonyl (C=O) groups excluding carboxylic acids is 1. The van der Waals surface area contributed by atoms with Gasteiger partial charge in [-0.05, 0) is 31.5 Å². The first-order valence-electron chi connectivity index (χ1n) is 8.20. The van der Waals surface area contributed by atoms with Gasteiger partial charge in [0.05, 0.1) is 12.7 Å². The van der Waals surface area contributed by atoms with Crippen molar-refractivity contribution in [1.82, 2.24) is 9.13 Å². The zero-order valence-electron chi connectivity index (χ0n) is 15.4. The van der Waals surface area contributed by atoms with E-state index >= 15 is 0 Å². The normalized spacial score (nSPS) is 16.1. The monoisotopic (exact) mass is 355 g/mol. The van der Waals surface area contributed by atoms with Crippen LogP contribution in [-0.2, 0) is 18.9 Å². The van der Waals surface area contributed by atoms with Crippen LogP contribution in [0.5, 0.6) is 5.75 Å². The lowest BCUT2D eigenvalue weighted by atomic mass is 9.80. The van der Waals surface area contributed by atoms with Crippen LogP contribution in [0.2, 0.25) is 0 Å². The van der Waals surface area contributed by atoms with Crippen LogP contribution >= 0.6 is 0 Å². The molecule has 1 atom stereocenters. The van der Waals surface area contributed by atoms with Gasteiger partial charge in [-0.3, -0.25) is 18.7 Å². The second-order valence-electron chi connectivity index (χ2n) is 6.39. The molecule has 1 unspecified atom stereocenters. The van der Waals surface area contributed by atoms with E-state index in [2.05, 4.69) is 5.32 Å². The molecule has 1 aliphatic rings. The summed E-state index contributed by atoms with van der Waals surface area (Å²) >= 11 is 0. The van der Waals surface area contributed by atoms with E-state index in [0.717, 1.165) is 10.1 Å². The molecule has 0 aliphatic carbocycles. The number of hydrogen-bond donors (Lipinski definition) is 1. The van der Waals surface area contributed by atoms with Crippen LogP contribution in [0.15, 0.2) is 45.1 Å². The number of ketones is 1. The quantitative estimate of drug-likeness (QED) is 0.903. The molecule has 7 nitrogen and oxygen atoms in total. The van der Waals surface area contributed by atoms with Crippen molar-refractivity contribution < 1.29 is 9.53 Å². The number of hydrogen-bond acceptors (Lipinski definition) is 5. The van der Waals surface area contributed by atoms with Crippen LogP contribution in [0.3, 0.4) is 0 Å². The molecular formula is C19H21N3O4. The van der Waals surface area contributed by atoms with Crippen molar-refractivity contribution in [3.8, 4) is 5.75 Å². The zero-order chi connectivity index (χ0) is 19.2. The van der Waals surface area contributed by atoms with Gasteiger partial charge in [-0.15, -0.1) is 0 Å². The number of carbonyl (C=O) groups is 1. The van der Waals surface area contributed by atoms with Crippen LogP contribution in [0.25, 0.3) is 0 Å². The Hall–Kier alpha value is -3.09. The number of fused-ring (bicyclic) bond motifs is 1. The first-order chi connectivity index (χ1) is 12.3. The fourth-order valence-corrected chi connectivity index (χ4v) is 3.48. The van der Waals surface area contributed by atoms with Crippen molar-refractivity contribution in [3.05, 3.63) is 67.5 Å². The molecule has 26 heavy (non-hydrogen) atoms. The Kier molecular flexibility index (Phi) is 4.31. The SMILES string of the molecule is COc1ccc(C2C(C(C)=O)=C(C)Nc3c2c(=O)n(C)c(=O)n3C)cc1. The molecular weight excluding hydrogens is 334 g/mol. The van der Waals surface area contributed by atoms with Crippen LogP contribution in [0.4, 0.5) is 5.82 Å². The molecule has 0 fully saturated rings. The summed E-state index contributed by atoms with van der Waals surface area (Å²) in [6, 6.07) is 7.24. The number of nitrogens with one attached hydrogen (secondary N) is 1. The molecule has 3 rings (SSSR count). The van der Waals surface area contributed by atoms with Crippen molar-refractivity contribution in [2.45, 2.75) is 19.8 Å². The minimum Gasteiger partial charge on any atom is -0.497 e. The average Bonchev–Trinajstić information content (AvgIpc) is 2.63. The molecule has 2 heterocycles. The molecule has 7 heteroatoms. The van der Waals surface area contributed by atoms with Crippen molar-refractivity contribution in [1.29, 1.82) is 0 Å². The van der Waals surface area contributed by atoms with Crippen LogP contribution < -0.4 is 21.3 Å². The summed E-state index contributed by atoms with van der Waals surface area (Å²) in [6.45, 7) is 3.26. The minimum atomic E-state index is -0.555. The van der Waals surface area contributed by atoms with E-state index in [0.29, 0.717) is 28.4 Å². The Morgan fingerprint density at radius 3 is 2.27 bits per heavy atom. The first-order valence-corrected chi connectivity index (χ1v) is 8.20. The molecule has 1 aromatic carbocycles. The first kappa shape index (κ1) is 17.7. The van der Waals surface area contributed by atoms with Gasteiger partial charge in [-0.25, -0.2) is 4.79 Å². The number of rotatable bonds is 3. The number of benzene rings is 1. The van der Waals surface area contributed by atoms with E-state index in [-0.39, 0.29) is 5.78 Å². The Morgan fingerprint density at radius 2 is 1.73 bits per heavy atom. The lowest BCUT2D eigenvalue weighted by molar-refractivity contribution is -0.113. The summed E-state index contributed by atoms with van der Waals surface area (Å²) < 4.78 is 7.66. The lowest BCUT2D eigenvalue weighted by Crippen LogP contribution is -2.43. The van der Waals surface area contributed by atoms with Gasteiger partial charge in [0, 0.05) is 31.3 Å². The fourth-order valence-electron chi connectivity index (χ4n) is 3.48. The molecule has 0 saturated carbocycles. The topological polar surface area (TPSA) is 82.3 Å². The van der Waals surface area contributed by atoms with E-state index in [9.17, 15) is 14.4 Å². The highest BCUT2D eigenvalue weighted by atomic mass is 16.5. The van der Waals surface area contributed by atoms with Gasteiger partial charge in [0.15, 0.2) is 5.78 Å². The van der Waals surface area contributed by atoms with E-state index in [1.54, 1.807) is 33.2 Å². The molecule has 0 bridgehead atoms. The molecule has 1 aromatic heterocycles. The van der Waals surface area contributed by atoms with Gasteiger partial charge in [0.2, 0.25) is 0 Å². The van der Waals surface area contributed by atoms with Crippen LogP contribution in [0, 0.1) is 0 Å². The van der Waals surface area contributed by atoms with Gasteiger partial charge in [0.25, 0.3) is 5.56 Å². The van der Waals surface area contributed by atoms with Gasteiger partial charge in [0.1, 0.15) is 11.6 Å². The summed E-state index contributed by atoms with van der Waals surface area (Å²) in [5.74, 6) is 0.417. The maximum Gasteiger partial charge on any atom is 0.332 e. The summed E-state index contributed by atoms with van der Waals surface area (Å²) in [6.07, 6.45) is 0. The second-order valence-corrected chi connectivity index (χ2v) is 6.39. The highest BCUT2D eigenvalue weighted by Crippen LogP contribution is 2.40. The Balaban J connectivity index is 2.38. The van der Waals surface area contributed by atoms with E-state index in [1.807, 2.05) is 12.1 Å². The third-order valence-corrected chi connectivity index (χ3v) is 4.82. The second kappa shape index (κ2) is 6.33. The summed E-state index contributed by atoms with van der Waals surface area (Å²) in [4.78, 5) is 37.6. The molecule has 1 aliphatic heterocycles. The highest BCUT2D eigenvalue weighted by Gasteiger charge is 2.35. The highest BCUT2D eigenvalue weighted by molar-refractivity contribution is 5.98. The standard InChI is InChI=1S/C19H21N3O4/c1-10-14(11(2)23)15(12-6-8-13(26-5)9-7-12)16-17(20-10)21(3)19(25)22(4)18(16)24/h6-9,15,20H,1-5H3. The lowest BCUT2D eigenvalue weighted by Gasteiger charge is -2.30. The maximum absolute atomic E-state index is 12.9. The van der Waals surface area contributed by atoms with Crippen molar-refractivity contribution in [2.24, 2.45) is 14.1 Å². The molecule has 0 saturated heterocycles. The number of Topliss-reactive ketones (excluding diaryl/α,β-unsaturated/α-hetero) is 1. The third-order valence-electron chi connectivity index (χ3n) is 4.82. The van der Waals surface area contributed by atoms with Gasteiger partial charge < -0.3 is 10.1 Å². The van der Waals surface area contributed by atoms with E-state index in [4.69, 9.17) is 4.74 Å². The zero-order valence-corrected chi connectivity index (χ0v) is 15.4. The number of aromatic nitrogens is 2. The average molecular weight is 355 g/mol. The Labute approximate surface area is 150 Å². The van der Waals surface area contributed by atoms with Gasteiger partial charge in [-0.1, -0.05) is 12.1 Å². The number of allylic oxidation sites excluding steroid dienone is 2. The molecule has 1 N–H and O–H groups in total. The van der Waals surface area contributed by atoms with Crippen LogP contribution in [0.1, 0.15) is 30.9 Å². The van der Waals surface area contributed by atoms with E-state index < -0.39 is 17.2 Å². The largest absolute Gasteiger partial charge is 0.497 e. The predicted octanol–water partition coefficient (Wildman–Crippen LogP) is 1.51. The molecule has 0 amide bonds. The van der Waals surface area contributed by atoms with Crippen molar-refractivity contribution in [2.75, 3.05) is 12.4 Å². The number of ether oxygens (including phenoxy) is 1. The van der Waals surface area contributed by atoms with E-state index in [1.165, 1.54) is 18.5 Å². The Bertz CT molecular complexity index is 1040. The maximum atomic E-state index is 12.9. The van der Waals surface area contributed by atoms with Gasteiger partial charge >= 0.3 is 5.69 Å². The molecule has 136 valence electrons. The van der Waals surface area contributed by atoms with Gasteiger partial charge in [-0.2, -0.15) is 0 Å². The number of methoxy groups -OCH3 is 1. The Morgan fingerprint density at radius 1 is 1.12 bits per heavy atom. The summed E-state index contributed by atoms with van der Waals surface area (Å²) in [5.41, 5.74) is 1.48. The van der Waals surface area contributed by atoms with Crippen LogP contribution in [-0.4, -0.2) is 22.0 Å². The summed E-state index contributed by atoms with van der Waals surface area (Å²) in [7, 11) is 4.62. The summed E-state index contributed by atoms with van der Waals surface area (Å²) in [5, 5.41) is 3.07. The molecule has 2 aromatic rings. The fraction of sp³-hybridized carbons (Fsp3) is 0.316. The number of anilines is 1. The number of nitrogens with zero attached hydrogens (tertiary/aromatic N) is 2. The minimum absolute atomic E-state index is 0.127. The predicted molar refractivity (Wildman–Crippen MR) is 98.8 cm³/mol. The molecule has 0 radical (unpaired) electrons. The van der Waals surface area contributed by atoms with Crippen molar-refractivity contribution in [3.63, 3.8) is 0 Å². The van der Waals surface area contributed by atoms with Crippen molar-refractivity contribution >= 4 is 11.6 Å². The smallest absolute Gasteiger partial charge is 0.332 e. The third kappa shape index (κ3) is 2.56.